The Morgan fingerprint density at radius 3 is 2.47 bits per heavy atom. The fraction of sp³-hybridized carbons (Fsp3) is 0.350. The minimum Gasteiger partial charge on any atom is -0.495 e. The van der Waals surface area contributed by atoms with E-state index in [4.69, 9.17) is 9.47 Å². The van der Waals surface area contributed by atoms with Gasteiger partial charge >= 0.3 is 6.09 Å². The molecule has 0 unspecified atom stereocenters. The third-order valence-corrected chi connectivity index (χ3v) is 6.65. The number of nitrogens with zero attached hydrogens (tertiary/aromatic N) is 2. The molecule has 0 atom stereocenters. The van der Waals surface area contributed by atoms with Crippen LogP contribution in [0, 0.1) is 5.82 Å². The maximum atomic E-state index is 14.0. The largest absolute Gasteiger partial charge is 0.495 e. The second-order valence-corrected chi connectivity index (χ2v) is 8.49. The van der Waals surface area contributed by atoms with Gasteiger partial charge in [-0.25, -0.2) is 17.6 Å². The molecule has 0 aliphatic carbocycles. The second kappa shape index (κ2) is 9.31. The molecular weight excluding hydrogens is 413 g/mol. The molecule has 1 saturated heterocycles. The van der Waals surface area contributed by atoms with Gasteiger partial charge < -0.3 is 14.4 Å². The predicted molar refractivity (Wildman–Crippen MR) is 111 cm³/mol. The van der Waals surface area contributed by atoms with E-state index in [1.54, 1.807) is 25.1 Å². The van der Waals surface area contributed by atoms with E-state index in [0.29, 0.717) is 24.5 Å². The van der Waals surface area contributed by atoms with E-state index in [0.717, 1.165) is 0 Å². The number of hydrogen-bond donors (Lipinski definition) is 1. The fourth-order valence-electron chi connectivity index (χ4n) is 3.25. The molecule has 1 aliphatic rings. The topological polar surface area (TPSA) is 88.2 Å². The SMILES string of the molecule is CCOC(=O)Nc1cc(S(=O)(=O)N2CCN(c3ccccc3F)CC2)ccc1OC. The van der Waals surface area contributed by atoms with E-state index in [1.807, 2.05) is 4.90 Å². The van der Waals surface area contributed by atoms with E-state index in [9.17, 15) is 17.6 Å². The van der Waals surface area contributed by atoms with Gasteiger partial charge in [-0.05, 0) is 37.3 Å². The molecule has 1 N–H and O–H groups in total. The number of piperazine rings is 1. The highest BCUT2D eigenvalue weighted by molar-refractivity contribution is 7.89. The molecule has 10 heteroatoms. The van der Waals surface area contributed by atoms with Crippen LogP contribution in [0.15, 0.2) is 47.4 Å². The van der Waals surface area contributed by atoms with Crippen molar-refractivity contribution in [3.63, 3.8) is 0 Å². The van der Waals surface area contributed by atoms with Gasteiger partial charge in [-0.15, -0.1) is 0 Å². The van der Waals surface area contributed by atoms with Crippen LogP contribution in [-0.4, -0.2) is 58.7 Å². The lowest BCUT2D eigenvalue weighted by Gasteiger charge is -2.35. The number of sulfonamides is 1. The smallest absolute Gasteiger partial charge is 0.411 e. The fourth-order valence-corrected chi connectivity index (χ4v) is 4.70. The maximum absolute atomic E-state index is 14.0. The van der Waals surface area contributed by atoms with Gasteiger partial charge in [0.25, 0.3) is 0 Å². The Kier molecular flexibility index (Phi) is 6.78. The molecule has 162 valence electrons. The number of anilines is 2. The van der Waals surface area contributed by atoms with Crippen LogP contribution in [0.2, 0.25) is 0 Å². The van der Waals surface area contributed by atoms with Crippen LogP contribution in [0.3, 0.4) is 0 Å². The molecule has 0 saturated carbocycles. The molecule has 1 heterocycles. The zero-order valence-electron chi connectivity index (χ0n) is 16.8. The summed E-state index contributed by atoms with van der Waals surface area (Å²) in [6, 6.07) is 10.7. The maximum Gasteiger partial charge on any atom is 0.411 e. The number of hydrogen-bond acceptors (Lipinski definition) is 6. The van der Waals surface area contributed by atoms with Crippen LogP contribution in [-0.2, 0) is 14.8 Å². The number of benzene rings is 2. The van der Waals surface area contributed by atoms with Gasteiger partial charge in [-0.3, -0.25) is 5.32 Å². The Morgan fingerprint density at radius 2 is 1.83 bits per heavy atom. The summed E-state index contributed by atoms with van der Waals surface area (Å²) >= 11 is 0. The molecule has 1 aliphatic heterocycles. The van der Waals surface area contributed by atoms with E-state index in [-0.39, 0.29) is 36.1 Å². The average molecular weight is 437 g/mol. The van der Waals surface area contributed by atoms with Crippen LogP contribution >= 0.6 is 0 Å². The Hall–Kier alpha value is -2.85. The number of carbonyl (C=O) groups is 1. The number of ether oxygens (including phenoxy) is 2. The lowest BCUT2D eigenvalue weighted by molar-refractivity contribution is 0.168. The molecular formula is C20H24FN3O5S. The number of nitrogens with one attached hydrogen (secondary N) is 1. The molecule has 0 radical (unpaired) electrons. The van der Waals surface area contributed by atoms with Crippen molar-refractivity contribution in [2.75, 3.05) is 50.1 Å². The van der Waals surface area contributed by atoms with Crippen molar-refractivity contribution in [1.82, 2.24) is 4.31 Å². The number of halogens is 1. The van der Waals surface area contributed by atoms with Gasteiger partial charge in [0.2, 0.25) is 10.0 Å². The van der Waals surface area contributed by atoms with E-state index in [1.165, 1.54) is 35.7 Å². The monoisotopic (exact) mass is 437 g/mol. The highest BCUT2D eigenvalue weighted by atomic mass is 32.2. The predicted octanol–water partition coefficient (Wildman–Crippen LogP) is 2.91. The number of rotatable bonds is 6. The van der Waals surface area contributed by atoms with Crippen molar-refractivity contribution >= 4 is 27.5 Å². The number of para-hydroxylation sites is 1. The highest BCUT2D eigenvalue weighted by Crippen LogP contribution is 2.30. The average Bonchev–Trinajstić information content (AvgIpc) is 2.74. The van der Waals surface area contributed by atoms with Gasteiger partial charge in [-0.2, -0.15) is 4.31 Å². The van der Waals surface area contributed by atoms with Crippen molar-refractivity contribution in [2.24, 2.45) is 0 Å². The first kappa shape index (κ1) is 21.8. The summed E-state index contributed by atoms with van der Waals surface area (Å²) in [5, 5.41) is 2.49. The summed E-state index contributed by atoms with van der Waals surface area (Å²) in [6.07, 6.45) is -0.705. The van der Waals surface area contributed by atoms with Gasteiger partial charge in [0.15, 0.2) is 0 Å². The molecule has 30 heavy (non-hydrogen) atoms. The molecule has 0 aromatic heterocycles. The van der Waals surface area contributed by atoms with Crippen LogP contribution in [0.5, 0.6) is 5.75 Å². The Bertz CT molecular complexity index is 1010. The molecule has 2 aromatic rings. The van der Waals surface area contributed by atoms with Crippen LogP contribution in [0.1, 0.15) is 6.92 Å². The minimum absolute atomic E-state index is 0.0226. The number of amides is 1. The van der Waals surface area contributed by atoms with Crippen molar-refractivity contribution < 1.29 is 27.1 Å². The first-order chi connectivity index (χ1) is 14.4. The summed E-state index contributed by atoms with van der Waals surface area (Å²) in [7, 11) is -2.39. The normalized spacial score (nSPS) is 15.0. The molecule has 1 amide bonds. The minimum atomic E-state index is -3.81. The quantitative estimate of drug-likeness (QED) is 0.748. The summed E-state index contributed by atoms with van der Waals surface area (Å²) in [4.78, 5) is 13.6. The van der Waals surface area contributed by atoms with Crippen molar-refractivity contribution in [3.8, 4) is 5.75 Å². The zero-order chi connectivity index (χ0) is 21.7. The van der Waals surface area contributed by atoms with Crippen LogP contribution in [0.4, 0.5) is 20.6 Å². The number of carbonyl (C=O) groups excluding carboxylic acids is 1. The highest BCUT2D eigenvalue weighted by Gasteiger charge is 2.30. The van der Waals surface area contributed by atoms with Crippen molar-refractivity contribution in [2.45, 2.75) is 11.8 Å². The third-order valence-electron chi connectivity index (χ3n) is 4.75. The van der Waals surface area contributed by atoms with Gasteiger partial charge in [0, 0.05) is 26.2 Å². The Balaban J connectivity index is 1.77. The first-order valence-corrected chi connectivity index (χ1v) is 10.9. The second-order valence-electron chi connectivity index (χ2n) is 6.55. The van der Waals surface area contributed by atoms with Crippen molar-refractivity contribution in [3.05, 3.63) is 48.3 Å². The van der Waals surface area contributed by atoms with Gasteiger partial charge in [0.05, 0.1) is 30.0 Å². The van der Waals surface area contributed by atoms with Gasteiger partial charge in [-0.1, -0.05) is 12.1 Å². The third kappa shape index (κ3) is 4.65. The van der Waals surface area contributed by atoms with E-state index >= 15 is 0 Å². The standard InChI is InChI=1S/C20H24FN3O5S/c1-3-29-20(25)22-17-14-15(8-9-19(17)28-2)30(26,27)24-12-10-23(11-13-24)18-7-5-4-6-16(18)21/h4-9,14H,3,10-13H2,1-2H3,(H,22,25). The lowest BCUT2D eigenvalue weighted by atomic mass is 10.2. The summed E-state index contributed by atoms with van der Waals surface area (Å²) in [6.45, 7) is 3.00. The van der Waals surface area contributed by atoms with Crippen LogP contribution in [0.25, 0.3) is 0 Å². The van der Waals surface area contributed by atoms with Crippen LogP contribution < -0.4 is 15.0 Å². The van der Waals surface area contributed by atoms with E-state index < -0.39 is 16.1 Å². The zero-order valence-corrected chi connectivity index (χ0v) is 17.6. The first-order valence-electron chi connectivity index (χ1n) is 9.48. The molecule has 2 aromatic carbocycles. The molecule has 1 fully saturated rings. The van der Waals surface area contributed by atoms with Crippen molar-refractivity contribution in [1.29, 1.82) is 0 Å². The molecule has 8 nitrogen and oxygen atoms in total. The van der Waals surface area contributed by atoms with E-state index in [2.05, 4.69) is 5.32 Å². The van der Waals surface area contributed by atoms with Gasteiger partial charge in [0.1, 0.15) is 11.6 Å². The Morgan fingerprint density at radius 1 is 1.13 bits per heavy atom. The molecule has 0 spiro atoms. The Labute approximate surface area is 175 Å². The molecule has 0 bridgehead atoms. The lowest BCUT2D eigenvalue weighted by Crippen LogP contribution is -2.48. The number of methoxy groups -OCH3 is 1. The summed E-state index contributed by atoms with van der Waals surface area (Å²) < 4.78 is 51.6. The summed E-state index contributed by atoms with van der Waals surface area (Å²) in [5.74, 6) is -0.0231. The molecule has 3 rings (SSSR count). The summed E-state index contributed by atoms with van der Waals surface area (Å²) in [5.41, 5.74) is 0.655.